The maximum atomic E-state index is 13.2. The summed E-state index contributed by atoms with van der Waals surface area (Å²) < 4.78 is 13.2. The van der Waals surface area contributed by atoms with E-state index in [1.807, 2.05) is 6.07 Å². The monoisotopic (exact) mass is 414 g/mol. The molecule has 154 valence electrons. The van der Waals surface area contributed by atoms with E-state index >= 15 is 0 Å². The van der Waals surface area contributed by atoms with Gasteiger partial charge >= 0.3 is 0 Å². The number of rotatable bonds is 7. The standard InChI is InChI=1S/C23H19FN6O/c24-17-4-1-15(2-5-17)11-21-20-12-18(31)6-7-19(20)23(30-29-21)27-10-9-26-22-8-3-16(13-25)14-28-22/h1-8,12,14,31H,9-11H2,(H,26,28)(H,27,30). The average molecular weight is 414 g/mol. The van der Waals surface area contributed by atoms with Gasteiger partial charge in [0.2, 0.25) is 0 Å². The lowest BCUT2D eigenvalue weighted by Crippen LogP contribution is -2.15. The number of hydrogen-bond donors (Lipinski definition) is 3. The first-order chi connectivity index (χ1) is 15.1. The van der Waals surface area contributed by atoms with E-state index < -0.39 is 0 Å². The van der Waals surface area contributed by atoms with Crippen LogP contribution in [0.5, 0.6) is 5.75 Å². The van der Waals surface area contributed by atoms with Gasteiger partial charge in [0.05, 0.1) is 11.3 Å². The fourth-order valence-electron chi connectivity index (χ4n) is 3.19. The minimum absolute atomic E-state index is 0.139. The Bertz CT molecular complexity index is 1240. The van der Waals surface area contributed by atoms with E-state index in [1.165, 1.54) is 18.3 Å². The van der Waals surface area contributed by atoms with Gasteiger partial charge in [-0.15, -0.1) is 5.10 Å². The molecule has 0 spiro atoms. The first kappa shape index (κ1) is 20.0. The maximum Gasteiger partial charge on any atom is 0.156 e. The molecular weight excluding hydrogens is 395 g/mol. The Hall–Kier alpha value is -4.25. The van der Waals surface area contributed by atoms with Crippen molar-refractivity contribution in [2.24, 2.45) is 0 Å². The quantitative estimate of drug-likeness (QED) is 0.394. The molecule has 2 heterocycles. The van der Waals surface area contributed by atoms with Gasteiger partial charge in [0.1, 0.15) is 23.5 Å². The average Bonchev–Trinajstić information content (AvgIpc) is 2.79. The fraction of sp³-hybridized carbons (Fsp3) is 0.130. The molecule has 3 N–H and O–H groups in total. The molecule has 0 bridgehead atoms. The summed E-state index contributed by atoms with van der Waals surface area (Å²) in [4.78, 5) is 4.17. The molecule has 0 saturated carbocycles. The van der Waals surface area contributed by atoms with Crippen molar-refractivity contribution in [3.8, 4) is 11.8 Å². The second kappa shape index (κ2) is 9.05. The van der Waals surface area contributed by atoms with Gasteiger partial charge in [-0.1, -0.05) is 12.1 Å². The number of nitrogens with one attached hydrogen (secondary N) is 2. The van der Waals surface area contributed by atoms with Crippen LogP contribution in [0, 0.1) is 17.1 Å². The Balaban J connectivity index is 1.48. The van der Waals surface area contributed by atoms with Gasteiger partial charge in [0.25, 0.3) is 0 Å². The molecule has 0 amide bonds. The van der Waals surface area contributed by atoms with Crippen LogP contribution < -0.4 is 10.6 Å². The number of fused-ring (bicyclic) bond motifs is 1. The summed E-state index contributed by atoms with van der Waals surface area (Å²) in [6.07, 6.45) is 1.99. The molecule has 2 aromatic carbocycles. The molecule has 4 aromatic rings. The highest BCUT2D eigenvalue weighted by Crippen LogP contribution is 2.28. The van der Waals surface area contributed by atoms with E-state index in [9.17, 15) is 9.50 Å². The number of aromatic hydroxyl groups is 1. The number of hydrogen-bond acceptors (Lipinski definition) is 7. The Kier molecular flexibility index (Phi) is 5.85. The molecule has 4 rings (SSSR count). The number of aromatic nitrogens is 3. The largest absolute Gasteiger partial charge is 0.508 e. The lowest BCUT2D eigenvalue weighted by Gasteiger charge is -2.12. The summed E-state index contributed by atoms with van der Waals surface area (Å²) in [6, 6.07) is 16.8. The van der Waals surface area contributed by atoms with E-state index in [-0.39, 0.29) is 11.6 Å². The Morgan fingerprint density at radius 3 is 2.48 bits per heavy atom. The molecule has 0 aliphatic rings. The summed E-state index contributed by atoms with van der Waals surface area (Å²) in [5.41, 5.74) is 2.11. The summed E-state index contributed by atoms with van der Waals surface area (Å²) in [5, 5.41) is 35.5. The van der Waals surface area contributed by atoms with E-state index in [0.29, 0.717) is 42.4 Å². The van der Waals surface area contributed by atoms with Crippen LogP contribution >= 0.6 is 0 Å². The summed E-state index contributed by atoms with van der Waals surface area (Å²) in [5.74, 6) is 1.13. The van der Waals surface area contributed by atoms with Gasteiger partial charge in [-0.2, -0.15) is 10.4 Å². The van der Waals surface area contributed by atoms with Gasteiger partial charge in [-0.3, -0.25) is 0 Å². The highest BCUT2D eigenvalue weighted by atomic mass is 19.1. The van der Waals surface area contributed by atoms with Crippen LogP contribution in [-0.2, 0) is 6.42 Å². The lowest BCUT2D eigenvalue weighted by molar-refractivity contribution is 0.476. The van der Waals surface area contributed by atoms with Gasteiger partial charge < -0.3 is 15.7 Å². The molecule has 7 nitrogen and oxygen atoms in total. The van der Waals surface area contributed by atoms with Crippen LogP contribution in [0.3, 0.4) is 0 Å². The molecule has 0 unspecified atom stereocenters. The van der Waals surface area contributed by atoms with Gasteiger partial charge in [-0.05, 0) is 48.0 Å². The zero-order valence-corrected chi connectivity index (χ0v) is 16.5. The number of nitrogens with zero attached hydrogens (tertiary/aromatic N) is 4. The number of anilines is 2. The highest BCUT2D eigenvalue weighted by molar-refractivity contribution is 5.94. The summed E-state index contributed by atoms with van der Waals surface area (Å²) >= 11 is 0. The molecule has 0 fully saturated rings. The van der Waals surface area contributed by atoms with E-state index in [4.69, 9.17) is 5.26 Å². The molecule has 31 heavy (non-hydrogen) atoms. The van der Waals surface area contributed by atoms with Crippen LogP contribution in [0.25, 0.3) is 10.8 Å². The molecule has 2 aromatic heterocycles. The third kappa shape index (κ3) is 4.85. The molecule has 0 aliphatic heterocycles. The van der Waals surface area contributed by atoms with Crippen molar-refractivity contribution in [2.75, 3.05) is 23.7 Å². The van der Waals surface area contributed by atoms with Crippen molar-refractivity contribution in [3.05, 3.63) is 83.4 Å². The van der Waals surface area contributed by atoms with E-state index in [2.05, 4.69) is 25.8 Å². The van der Waals surface area contributed by atoms with E-state index in [1.54, 1.807) is 42.5 Å². The molecule has 0 aliphatic carbocycles. The number of halogens is 1. The van der Waals surface area contributed by atoms with Crippen molar-refractivity contribution in [3.63, 3.8) is 0 Å². The van der Waals surface area contributed by atoms with Gasteiger partial charge in [-0.25, -0.2) is 9.37 Å². The Morgan fingerprint density at radius 1 is 0.935 bits per heavy atom. The predicted octanol–water partition coefficient (Wildman–Crippen LogP) is 3.86. The van der Waals surface area contributed by atoms with Gasteiger partial charge in [0.15, 0.2) is 5.82 Å². The SMILES string of the molecule is N#Cc1ccc(NCCNc2nnc(Cc3ccc(F)cc3)c3cc(O)ccc23)nc1. The molecule has 0 radical (unpaired) electrons. The van der Waals surface area contributed by atoms with Crippen LogP contribution in [0.1, 0.15) is 16.8 Å². The smallest absolute Gasteiger partial charge is 0.156 e. The number of nitriles is 1. The summed E-state index contributed by atoms with van der Waals surface area (Å²) in [6.45, 7) is 1.14. The van der Waals surface area contributed by atoms with Crippen LogP contribution in [0.2, 0.25) is 0 Å². The Labute approximate surface area is 178 Å². The molecule has 0 atom stereocenters. The minimum Gasteiger partial charge on any atom is -0.508 e. The number of benzene rings is 2. The molecular formula is C23H19FN6O. The molecule has 8 heteroatoms. The zero-order valence-electron chi connectivity index (χ0n) is 16.5. The zero-order chi connectivity index (χ0) is 21.6. The predicted molar refractivity (Wildman–Crippen MR) is 116 cm³/mol. The lowest BCUT2D eigenvalue weighted by atomic mass is 10.0. The highest BCUT2D eigenvalue weighted by Gasteiger charge is 2.11. The fourth-order valence-corrected chi connectivity index (χ4v) is 3.19. The maximum absolute atomic E-state index is 13.2. The van der Waals surface area contributed by atoms with Crippen LogP contribution in [0.4, 0.5) is 16.0 Å². The topological polar surface area (TPSA) is 107 Å². The van der Waals surface area contributed by atoms with Crippen molar-refractivity contribution in [1.82, 2.24) is 15.2 Å². The third-order valence-electron chi connectivity index (χ3n) is 4.74. The van der Waals surface area contributed by atoms with Crippen molar-refractivity contribution in [1.29, 1.82) is 5.26 Å². The van der Waals surface area contributed by atoms with Gasteiger partial charge in [0, 0.05) is 36.5 Å². The normalized spacial score (nSPS) is 10.6. The number of pyridine rings is 1. The first-order valence-electron chi connectivity index (χ1n) is 9.69. The van der Waals surface area contributed by atoms with E-state index in [0.717, 1.165) is 16.3 Å². The minimum atomic E-state index is -0.290. The number of phenols is 1. The van der Waals surface area contributed by atoms with Crippen molar-refractivity contribution in [2.45, 2.75) is 6.42 Å². The van der Waals surface area contributed by atoms with Crippen LogP contribution in [0.15, 0.2) is 60.8 Å². The molecule has 0 saturated heterocycles. The second-order valence-corrected chi connectivity index (χ2v) is 6.93. The van der Waals surface area contributed by atoms with Crippen LogP contribution in [-0.4, -0.2) is 33.4 Å². The second-order valence-electron chi connectivity index (χ2n) is 6.93. The Morgan fingerprint density at radius 2 is 1.74 bits per heavy atom. The first-order valence-corrected chi connectivity index (χ1v) is 9.69. The van der Waals surface area contributed by atoms with Crippen molar-refractivity contribution >= 4 is 22.4 Å². The third-order valence-corrected chi connectivity index (χ3v) is 4.74. The number of phenolic OH excluding ortho intramolecular Hbond substituents is 1. The van der Waals surface area contributed by atoms with Crippen molar-refractivity contribution < 1.29 is 9.50 Å². The summed E-state index contributed by atoms with van der Waals surface area (Å²) in [7, 11) is 0.